The third kappa shape index (κ3) is 4.19. The number of anilines is 1. The van der Waals surface area contributed by atoms with E-state index in [9.17, 15) is 26.8 Å². The van der Waals surface area contributed by atoms with E-state index in [1.54, 1.807) is 18.3 Å². The Hall–Kier alpha value is -3.87. The highest BCUT2D eigenvalue weighted by atomic mass is 32.2. The van der Waals surface area contributed by atoms with Gasteiger partial charge in [-0.25, -0.2) is 17.2 Å². The lowest BCUT2D eigenvalue weighted by Gasteiger charge is -2.42. The van der Waals surface area contributed by atoms with Gasteiger partial charge in [-0.05, 0) is 18.6 Å². The van der Waals surface area contributed by atoms with Gasteiger partial charge in [0.2, 0.25) is 5.91 Å². The molecule has 36 heavy (non-hydrogen) atoms. The number of aryl methyl sites for hydroxylation is 1. The van der Waals surface area contributed by atoms with Crippen LogP contribution in [0.1, 0.15) is 28.0 Å². The standard InChI is InChI=1S/C23H21F2N5O5S/c1-12-3-4-15(26-9-12)19-20(27-17(31)10-36(2,33)34)21-22(32)28-23(11-30(21)29-19)5-6-35-16-8-13(24)7-14(25)18(16)23/h3-4,7-9H,5-6,10-11H2,1-2H3,(H,27,31)(H,28,32)/t23-/m0/s1. The highest BCUT2D eigenvalue weighted by molar-refractivity contribution is 7.91. The topological polar surface area (TPSA) is 132 Å². The maximum atomic E-state index is 15.0. The van der Waals surface area contributed by atoms with Crippen LogP contribution in [0, 0.1) is 18.6 Å². The average molecular weight is 518 g/mol. The van der Waals surface area contributed by atoms with Crippen molar-refractivity contribution in [1.82, 2.24) is 20.1 Å². The number of nitrogens with zero attached hydrogens (tertiary/aromatic N) is 3. The summed E-state index contributed by atoms with van der Waals surface area (Å²) in [5, 5.41) is 9.82. The van der Waals surface area contributed by atoms with Crippen LogP contribution in [0.2, 0.25) is 0 Å². The first-order chi connectivity index (χ1) is 17.0. The quantitative estimate of drug-likeness (QED) is 0.541. The van der Waals surface area contributed by atoms with Crippen molar-refractivity contribution < 1.29 is 31.5 Å². The summed E-state index contributed by atoms with van der Waals surface area (Å²) in [6.07, 6.45) is 2.68. The highest BCUT2D eigenvalue weighted by Gasteiger charge is 2.47. The molecule has 0 saturated heterocycles. The number of aromatic nitrogens is 3. The Bertz CT molecular complexity index is 1520. The molecular weight excluding hydrogens is 496 g/mol. The van der Waals surface area contributed by atoms with Gasteiger partial charge in [0, 0.05) is 31.0 Å². The number of hydrogen-bond donors (Lipinski definition) is 2. The zero-order chi connectivity index (χ0) is 25.8. The van der Waals surface area contributed by atoms with E-state index in [0.29, 0.717) is 5.69 Å². The van der Waals surface area contributed by atoms with Crippen molar-refractivity contribution in [3.05, 3.63) is 58.9 Å². The smallest absolute Gasteiger partial charge is 0.272 e. The van der Waals surface area contributed by atoms with Crippen LogP contribution in [0.15, 0.2) is 30.5 Å². The molecule has 2 aliphatic heterocycles. The highest BCUT2D eigenvalue weighted by Crippen LogP contribution is 2.44. The summed E-state index contributed by atoms with van der Waals surface area (Å²) in [4.78, 5) is 30.3. The van der Waals surface area contributed by atoms with Gasteiger partial charge in [-0.3, -0.25) is 19.3 Å². The van der Waals surface area contributed by atoms with E-state index in [1.165, 1.54) is 4.68 Å². The molecule has 2 aliphatic rings. The molecule has 5 rings (SSSR count). The molecule has 10 nitrogen and oxygen atoms in total. The van der Waals surface area contributed by atoms with Gasteiger partial charge < -0.3 is 15.4 Å². The van der Waals surface area contributed by atoms with Crippen LogP contribution in [0.4, 0.5) is 14.5 Å². The van der Waals surface area contributed by atoms with Gasteiger partial charge in [-0.1, -0.05) is 6.07 Å². The fourth-order valence-electron chi connectivity index (χ4n) is 4.57. The van der Waals surface area contributed by atoms with Crippen LogP contribution in [0.3, 0.4) is 0 Å². The van der Waals surface area contributed by atoms with Crippen LogP contribution >= 0.6 is 0 Å². The number of amides is 2. The van der Waals surface area contributed by atoms with Gasteiger partial charge in [-0.2, -0.15) is 5.10 Å². The predicted octanol–water partition coefficient (Wildman–Crippen LogP) is 1.94. The number of pyridine rings is 1. The molecule has 0 fully saturated rings. The first-order valence-corrected chi connectivity index (χ1v) is 13.0. The lowest BCUT2D eigenvalue weighted by molar-refractivity contribution is -0.113. The molecule has 0 unspecified atom stereocenters. The van der Waals surface area contributed by atoms with Crippen molar-refractivity contribution in [2.45, 2.75) is 25.4 Å². The predicted molar refractivity (Wildman–Crippen MR) is 124 cm³/mol. The zero-order valence-electron chi connectivity index (χ0n) is 19.3. The number of nitrogens with one attached hydrogen (secondary N) is 2. The Labute approximate surface area is 204 Å². The minimum absolute atomic E-state index is 0.00215. The summed E-state index contributed by atoms with van der Waals surface area (Å²) < 4.78 is 58.8. The van der Waals surface area contributed by atoms with Gasteiger partial charge in [0.25, 0.3) is 5.91 Å². The molecule has 1 spiro atoms. The summed E-state index contributed by atoms with van der Waals surface area (Å²) in [5.41, 5.74) is -0.000822. The van der Waals surface area contributed by atoms with Crippen LogP contribution in [-0.4, -0.2) is 53.6 Å². The summed E-state index contributed by atoms with van der Waals surface area (Å²) in [7, 11) is -3.65. The van der Waals surface area contributed by atoms with E-state index in [2.05, 4.69) is 20.7 Å². The van der Waals surface area contributed by atoms with E-state index >= 15 is 0 Å². The number of ether oxygens (including phenoxy) is 1. The third-order valence-corrected chi connectivity index (χ3v) is 6.82. The zero-order valence-corrected chi connectivity index (χ0v) is 20.1. The molecule has 3 aromatic rings. The van der Waals surface area contributed by atoms with E-state index < -0.39 is 44.6 Å². The van der Waals surface area contributed by atoms with Crippen LogP contribution < -0.4 is 15.4 Å². The molecule has 0 bridgehead atoms. The van der Waals surface area contributed by atoms with Crippen molar-refractivity contribution in [3.63, 3.8) is 0 Å². The minimum Gasteiger partial charge on any atom is -0.493 e. The summed E-state index contributed by atoms with van der Waals surface area (Å²) in [5.74, 6) is -4.04. The SMILES string of the molecule is Cc1ccc(-c2nn3c(c2NC(=O)CS(C)(=O)=O)C(=O)N[C@@]2(CCOc4cc(F)cc(F)c42)C3)nc1. The number of hydrogen-bond acceptors (Lipinski definition) is 7. The molecule has 1 atom stereocenters. The number of fused-ring (bicyclic) bond motifs is 3. The van der Waals surface area contributed by atoms with Crippen molar-refractivity contribution in [2.75, 3.05) is 23.9 Å². The van der Waals surface area contributed by atoms with E-state index in [1.807, 2.05) is 6.92 Å². The van der Waals surface area contributed by atoms with Gasteiger partial charge >= 0.3 is 0 Å². The van der Waals surface area contributed by atoms with E-state index in [0.717, 1.165) is 24.0 Å². The molecule has 0 saturated carbocycles. The Kier molecular flexibility index (Phi) is 5.54. The second-order valence-corrected chi connectivity index (χ2v) is 11.1. The number of carbonyl (C=O) groups excluding carboxylic acids is 2. The molecule has 0 radical (unpaired) electrons. The Morgan fingerprint density at radius 2 is 2.08 bits per heavy atom. The van der Waals surface area contributed by atoms with Crippen molar-refractivity contribution in [1.29, 1.82) is 0 Å². The largest absolute Gasteiger partial charge is 0.493 e. The fraction of sp³-hybridized carbons (Fsp3) is 0.304. The molecule has 2 aromatic heterocycles. The maximum Gasteiger partial charge on any atom is 0.272 e. The lowest BCUT2D eigenvalue weighted by atomic mass is 9.82. The third-order valence-electron chi connectivity index (χ3n) is 6.04. The molecule has 13 heteroatoms. The molecular formula is C23H21F2N5O5S. The second kappa shape index (κ2) is 8.36. The fourth-order valence-corrected chi connectivity index (χ4v) is 5.12. The van der Waals surface area contributed by atoms with Crippen molar-refractivity contribution in [2.24, 2.45) is 0 Å². The summed E-state index contributed by atoms with van der Waals surface area (Å²) in [6, 6.07) is 5.19. The molecule has 4 heterocycles. The first-order valence-electron chi connectivity index (χ1n) is 10.9. The van der Waals surface area contributed by atoms with Crippen molar-refractivity contribution in [3.8, 4) is 17.1 Å². The van der Waals surface area contributed by atoms with Crippen LogP contribution in [0.25, 0.3) is 11.4 Å². The number of rotatable bonds is 4. The summed E-state index contributed by atoms with van der Waals surface area (Å²) >= 11 is 0. The number of carbonyl (C=O) groups is 2. The van der Waals surface area contributed by atoms with Gasteiger partial charge in [0.05, 0.1) is 29.9 Å². The molecule has 2 amide bonds. The van der Waals surface area contributed by atoms with E-state index in [-0.39, 0.29) is 48.0 Å². The maximum absolute atomic E-state index is 15.0. The average Bonchev–Trinajstić information content (AvgIpc) is 3.10. The summed E-state index contributed by atoms with van der Waals surface area (Å²) in [6.45, 7) is 1.88. The molecule has 1 aromatic carbocycles. The van der Waals surface area contributed by atoms with Gasteiger partial charge in [-0.15, -0.1) is 0 Å². The monoisotopic (exact) mass is 517 g/mol. The number of benzene rings is 1. The minimum atomic E-state index is -3.65. The van der Waals surface area contributed by atoms with Crippen molar-refractivity contribution >= 4 is 27.3 Å². The Balaban J connectivity index is 1.64. The second-order valence-electron chi connectivity index (χ2n) is 8.96. The Morgan fingerprint density at radius 1 is 1.31 bits per heavy atom. The van der Waals surface area contributed by atoms with Gasteiger partial charge in [0.1, 0.15) is 34.5 Å². The normalized spacial score (nSPS) is 18.7. The molecule has 0 aliphatic carbocycles. The van der Waals surface area contributed by atoms with Crippen LogP contribution in [0.5, 0.6) is 5.75 Å². The Morgan fingerprint density at radius 3 is 2.78 bits per heavy atom. The van der Waals surface area contributed by atoms with Gasteiger partial charge in [0.15, 0.2) is 15.5 Å². The van der Waals surface area contributed by atoms with E-state index in [4.69, 9.17) is 4.74 Å². The first kappa shape index (κ1) is 23.9. The molecule has 2 N–H and O–H groups in total. The number of halogens is 2. The van der Waals surface area contributed by atoms with Crippen LogP contribution in [-0.2, 0) is 26.7 Å². The lowest BCUT2D eigenvalue weighted by Crippen LogP contribution is -2.56. The number of sulfone groups is 1. The molecule has 188 valence electrons.